The first-order chi connectivity index (χ1) is 10.1. The summed E-state index contributed by atoms with van der Waals surface area (Å²) < 4.78 is 5.67. The number of para-hydroxylation sites is 1. The Hall–Kier alpha value is -2.40. The summed E-state index contributed by atoms with van der Waals surface area (Å²) in [5.41, 5.74) is 6.12. The fourth-order valence-corrected chi connectivity index (χ4v) is 1.72. The molecule has 1 atom stereocenters. The molecule has 2 rings (SSSR count). The van der Waals surface area contributed by atoms with Gasteiger partial charge in [-0.1, -0.05) is 30.4 Å². The Morgan fingerprint density at radius 3 is 2.24 bits per heavy atom. The van der Waals surface area contributed by atoms with Gasteiger partial charge in [-0.2, -0.15) is 0 Å². The highest BCUT2D eigenvalue weighted by Gasteiger charge is 2.15. The van der Waals surface area contributed by atoms with Crippen molar-refractivity contribution in [2.45, 2.75) is 6.92 Å². The van der Waals surface area contributed by atoms with Gasteiger partial charge in [0, 0.05) is 5.69 Å². The quantitative estimate of drug-likeness (QED) is 0.831. The van der Waals surface area contributed by atoms with Crippen molar-refractivity contribution in [1.82, 2.24) is 0 Å². The second kappa shape index (κ2) is 6.85. The first kappa shape index (κ1) is 15.0. The van der Waals surface area contributed by atoms with Gasteiger partial charge in [0.05, 0.1) is 10.9 Å². The van der Waals surface area contributed by atoms with Crippen LogP contribution in [-0.2, 0) is 4.79 Å². The van der Waals surface area contributed by atoms with Crippen molar-refractivity contribution in [3.63, 3.8) is 0 Å². The Balaban J connectivity index is 1.99. The Morgan fingerprint density at radius 1 is 1.10 bits per heavy atom. The van der Waals surface area contributed by atoms with E-state index in [0.717, 1.165) is 5.75 Å². The molecule has 0 aliphatic carbocycles. The van der Waals surface area contributed by atoms with Gasteiger partial charge in [0.25, 0.3) is 0 Å². The molecule has 0 saturated carbocycles. The van der Waals surface area contributed by atoms with E-state index in [9.17, 15) is 4.79 Å². The van der Waals surface area contributed by atoms with E-state index in [0.29, 0.717) is 11.4 Å². The lowest BCUT2D eigenvalue weighted by atomic mass is 10.1. The van der Waals surface area contributed by atoms with Crippen LogP contribution in [0.2, 0.25) is 0 Å². The van der Waals surface area contributed by atoms with Gasteiger partial charge < -0.3 is 15.8 Å². The first-order valence-electron chi connectivity index (χ1n) is 6.49. The molecule has 5 heteroatoms. The first-order valence-corrected chi connectivity index (χ1v) is 6.90. The molecule has 108 valence electrons. The van der Waals surface area contributed by atoms with E-state index in [1.54, 1.807) is 31.2 Å². The van der Waals surface area contributed by atoms with Crippen LogP contribution < -0.4 is 15.8 Å². The molecule has 1 amide bonds. The summed E-state index contributed by atoms with van der Waals surface area (Å²) in [7, 11) is 0. The third-order valence-electron chi connectivity index (χ3n) is 2.92. The van der Waals surface area contributed by atoms with Crippen LogP contribution in [0.5, 0.6) is 11.5 Å². The normalized spacial score (nSPS) is 11.5. The van der Waals surface area contributed by atoms with E-state index in [1.807, 2.05) is 30.3 Å². The van der Waals surface area contributed by atoms with Gasteiger partial charge in [-0.15, -0.1) is 0 Å². The number of hydrogen-bond acceptors (Lipinski definition) is 3. The number of nitrogens with two attached hydrogens (primary N) is 1. The van der Waals surface area contributed by atoms with Crippen LogP contribution in [0, 0.1) is 5.92 Å². The van der Waals surface area contributed by atoms with Crippen LogP contribution >= 0.6 is 12.2 Å². The number of rotatable bonds is 5. The molecular formula is C16H16N2O2S. The summed E-state index contributed by atoms with van der Waals surface area (Å²) in [5, 5.41) is 2.75. The Labute approximate surface area is 128 Å². The van der Waals surface area contributed by atoms with Crippen LogP contribution in [0.4, 0.5) is 5.69 Å². The van der Waals surface area contributed by atoms with Crippen LogP contribution in [-0.4, -0.2) is 10.9 Å². The average molecular weight is 300 g/mol. The fraction of sp³-hybridized carbons (Fsp3) is 0.125. The zero-order chi connectivity index (χ0) is 15.2. The summed E-state index contributed by atoms with van der Waals surface area (Å²) in [4.78, 5) is 12.0. The summed E-state index contributed by atoms with van der Waals surface area (Å²) in [6.07, 6.45) is 0. The van der Waals surface area contributed by atoms with Crippen LogP contribution in [0.3, 0.4) is 0 Å². The maximum atomic E-state index is 11.8. The van der Waals surface area contributed by atoms with Crippen LogP contribution in [0.1, 0.15) is 6.92 Å². The van der Waals surface area contributed by atoms with E-state index < -0.39 is 5.92 Å². The summed E-state index contributed by atoms with van der Waals surface area (Å²) in [5.74, 6) is 0.734. The minimum Gasteiger partial charge on any atom is -0.457 e. The molecule has 0 aliphatic rings. The van der Waals surface area contributed by atoms with Crippen molar-refractivity contribution in [1.29, 1.82) is 0 Å². The zero-order valence-electron chi connectivity index (χ0n) is 11.6. The van der Waals surface area contributed by atoms with Crippen molar-refractivity contribution < 1.29 is 9.53 Å². The van der Waals surface area contributed by atoms with E-state index in [1.165, 1.54) is 0 Å². The monoisotopic (exact) mass is 300 g/mol. The highest BCUT2D eigenvalue weighted by Crippen LogP contribution is 2.22. The molecule has 3 N–H and O–H groups in total. The minimum absolute atomic E-state index is 0.177. The zero-order valence-corrected chi connectivity index (χ0v) is 12.4. The smallest absolute Gasteiger partial charge is 0.234 e. The van der Waals surface area contributed by atoms with Crippen molar-refractivity contribution in [3.8, 4) is 11.5 Å². The van der Waals surface area contributed by atoms with Gasteiger partial charge >= 0.3 is 0 Å². The highest BCUT2D eigenvalue weighted by molar-refractivity contribution is 7.80. The lowest BCUT2D eigenvalue weighted by Crippen LogP contribution is -2.30. The number of ether oxygens (including phenoxy) is 1. The van der Waals surface area contributed by atoms with Crippen molar-refractivity contribution in [2.75, 3.05) is 5.32 Å². The number of anilines is 1. The van der Waals surface area contributed by atoms with Gasteiger partial charge in [-0.3, -0.25) is 4.79 Å². The van der Waals surface area contributed by atoms with Crippen LogP contribution in [0.25, 0.3) is 0 Å². The van der Waals surface area contributed by atoms with E-state index in [-0.39, 0.29) is 10.9 Å². The number of carbonyl (C=O) groups is 1. The molecule has 0 fully saturated rings. The highest BCUT2D eigenvalue weighted by atomic mass is 32.1. The molecule has 4 nitrogen and oxygen atoms in total. The molecule has 0 aromatic heterocycles. The summed E-state index contributed by atoms with van der Waals surface area (Å²) in [6, 6.07) is 16.6. The Bertz CT molecular complexity index is 626. The molecule has 0 aliphatic heterocycles. The molecule has 0 radical (unpaired) electrons. The molecule has 21 heavy (non-hydrogen) atoms. The molecule has 0 saturated heterocycles. The molecule has 0 spiro atoms. The lowest BCUT2D eigenvalue weighted by molar-refractivity contribution is -0.117. The summed E-state index contributed by atoms with van der Waals surface area (Å²) >= 11 is 4.80. The Kier molecular flexibility index (Phi) is 4.90. The van der Waals surface area contributed by atoms with Crippen LogP contribution in [0.15, 0.2) is 54.6 Å². The predicted octanol–water partition coefficient (Wildman–Crippen LogP) is 3.34. The molecule has 0 bridgehead atoms. The van der Waals surface area contributed by atoms with Gasteiger partial charge in [-0.25, -0.2) is 0 Å². The third-order valence-corrected chi connectivity index (χ3v) is 3.27. The van der Waals surface area contributed by atoms with Crippen molar-refractivity contribution in [3.05, 3.63) is 54.6 Å². The van der Waals surface area contributed by atoms with E-state index in [4.69, 9.17) is 22.7 Å². The van der Waals surface area contributed by atoms with Gasteiger partial charge in [0.2, 0.25) is 5.91 Å². The number of hydrogen-bond donors (Lipinski definition) is 2. The number of thiocarbonyl (C=S) groups is 1. The second-order valence-electron chi connectivity index (χ2n) is 4.55. The summed E-state index contributed by atoms with van der Waals surface area (Å²) in [6.45, 7) is 1.67. The molecule has 1 unspecified atom stereocenters. The van der Waals surface area contributed by atoms with Crippen molar-refractivity contribution >= 4 is 28.8 Å². The molecule has 2 aromatic carbocycles. The standard InChI is InChI=1S/C16H16N2O2S/c1-11(15(17)21)16(19)18-12-7-9-14(10-8-12)20-13-5-3-2-4-6-13/h2-11H,1H3,(H2,17,21)(H,18,19). The van der Waals surface area contributed by atoms with Gasteiger partial charge in [-0.05, 0) is 43.3 Å². The fourth-order valence-electron chi connectivity index (χ4n) is 1.61. The number of benzene rings is 2. The molecule has 0 heterocycles. The average Bonchev–Trinajstić information content (AvgIpc) is 2.49. The maximum absolute atomic E-state index is 11.8. The van der Waals surface area contributed by atoms with E-state index in [2.05, 4.69) is 5.32 Å². The SMILES string of the molecule is CC(C(=O)Nc1ccc(Oc2ccccc2)cc1)C(N)=S. The number of carbonyl (C=O) groups excluding carboxylic acids is 1. The third kappa shape index (κ3) is 4.29. The minimum atomic E-state index is -0.500. The lowest BCUT2D eigenvalue weighted by Gasteiger charge is -2.11. The van der Waals surface area contributed by atoms with Gasteiger partial charge in [0.15, 0.2) is 0 Å². The topological polar surface area (TPSA) is 64.3 Å². The van der Waals surface area contributed by atoms with Gasteiger partial charge in [0.1, 0.15) is 11.5 Å². The molecule has 2 aromatic rings. The largest absolute Gasteiger partial charge is 0.457 e. The predicted molar refractivity (Wildman–Crippen MR) is 87.5 cm³/mol. The van der Waals surface area contributed by atoms with Crippen molar-refractivity contribution in [2.24, 2.45) is 11.7 Å². The number of amides is 1. The maximum Gasteiger partial charge on any atom is 0.234 e. The number of nitrogens with one attached hydrogen (secondary N) is 1. The molecular weight excluding hydrogens is 284 g/mol. The second-order valence-corrected chi connectivity index (χ2v) is 5.02. The van der Waals surface area contributed by atoms with E-state index >= 15 is 0 Å². The Morgan fingerprint density at radius 2 is 1.67 bits per heavy atom.